The van der Waals surface area contributed by atoms with Gasteiger partial charge in [-0.3, -0.25) is 14.1 Å². The van der Waals surface area contributed by atoms with Gasteiger partial charge < -0.3 is 24.8 Å². The third-order valence-corrected chi connectivity index (χ3v) is 11.9. The standard InChI is InChI=1S/C49H90N2O10S/c1-3-5-7-9-11-13-15-17-19-21-23-25-27-29-31-34-47(52)58-42-46(60-49(54)51-41-33-40-50-44-36-38-45(39-37-44)61-62(55,56)57)43-59-48(53)35-32-30-28-26-24-22-20-18-16-14-12-10-8-6-4-2/h17-20,44-46,50H,3-16,21-43H2,1-2H3,(H,51,54)(H,55,56,57)/b19-17-,20-18-. The van der Waals surface area contributed by atoms with Gasteiger partial charge >= 0.3 is 28.4 Å². The summed E-state index contributed by atoms with van der Waals surface area (Å²) in [7, 11) is -4.45. The predicted molar refractivity (Wildman–Crippen MR) is 250 cm³/mol. The van der Waals surface area contributed by atoms with Gasteiger partial charge in [-0.05, 0) is 103 Å². The van der Waals surface area contributed by atoms with Crippen molar-refractivity contribution in [3.8, 4) is 0 Å². The summed E-state index contributed by atoms with van der Waals surface area (Å²) in [6.45, 7) is 5.08. The molecule has 62 heavy (non-hydrogen) atoms. The molecule has 3 N–H and O–H groups in total. The Morgan fingerprint density at radius 1 is 0.565 bits per heavy atom. The SMILES string of the molecule is CCCCCCCC/C=C\CCCCCCCC(=O)OCC(COC(=O)CCCCCCC/C=C\CCCCCCCC)OC(=O)NCCCNC1CCC(OS(=O)(=O)O)CC1. The molecule has 13 heteroatoms. The van der Waals surface area contributed by atoms with Gasteiger partial charge in [0.25, 0.3) is 0 Å². The summed E-state index contributed by atoms with van der Waals surface area (Å²) in [5.74, 6) is -0.721. The van der Waals surface area contributed by atoms with Gasteiger partial charge in [0.1, 0.15) is 13.2 Å². The van der Waals surface area contributed by atoms with Crippen LogP contribution < -0.4 is 10.6 Å². The topological polar surface area (TPSA) is 167 Å². The largest absolute Gasteiger partial charge is 0.462 e. The van der Waals surface area contributed by atoms with Crippen LogP contribution in [0.4, 0.5) is 4.79 Å². The van der Waals surface area contributed by atoms with E-state index in [0.717, 1.165) is 77.0 Å². The average molecular weight is 899 g/mol. The van der Waals surface area contributed by atoms with Crippen LogP contribution in [0.3, 0.4) is 0 Å². The number of nitrogens with one attached hydrogen (secondary N) is 2. The molecule has 0 aromatic rings. The highest BCUT2D eigenvalue weighted by atomic mass is 32.3. The van der Waals surface area contributed by atoms with Crippen LogP contribution in [0.25, 0.3) is 0 Å². The van der Waals surface area contributed by atoms with Crippen molar-refractivity contribution in [3.05, 3.63) is 24.3 Å². The lowest BCUT2D eigenvalue weighted by atomic mass is 9.93. The lowest BCUT2D eigenvalue weighted by molar-refractivity contribution is -0.152. The summed E-state index contributed by atoms with van der Waals surface area (Å²) in [5, 5.41) is 6.12. The second kappa shape index (κ2) is 41.2. The number of hydrogen-bond donors (Lipinski definition) is 3. The number of hydrogen-bond acceptors (Lipinski definition) is 10. The Morgan fingerprint density at radius 2 is 0.968 bits per heavy atom. The molecule has 1 rings (SSSR count). The van der Waals surface area contributed by atoms with E-state index in [4.69, 9.17) is 18.8 Å². The maximum absolute atomic E-state index is 12.7. The molecular formula is C49H90N2O10S. The smallest absolute Gasteiger partial charge is 0.407 e. The first-order valence-corrected chi connectivity index (χ1v) is 26.4. The maximum atomic E-state index is 12.7. The van der Waals surface area contributed by atoms with Gasteiger partial charge in [0.15, 0.2) is 6.10 Å². The number of rotatable bonds is 42. The molecule has 0 aromatic carbocycles. The van der Waals surface area contributed by atoms with E-state index in [-0.39, 0.29) is 44.0 Å². The molecular weight excluding hydrogens is 809 g/mol. The molecule has 0 unspecified atom stereocenters. The first-order chi connectivity index (χ1) is 30.1. The summed E-state index contributed by atoms with van der Waals surface area (Å²) >= 11 is 0. The van der Waals surface area contributed by atoms with Crippen LogP contribution in [-0.4, -0.2) is 75.6 Å². The first-order valence-electron chi connectivity index (χ1n) is 25.1. The van der Waals surface area contributed by atoms with Gasteiger partial charge in [-0.1, -0.05) is 141 Å². The minimum absolute atomic E-state index is 0.190. The van der Waals surface area contributed by atoms with Crippen LogP contribution in [-0.2, 0) is 38.4 Å². The summed E-state index contributed by atoms with van der Waals surface area (Å²) in [6, 6.07) is 0.190. The number of ether oxygens (including phenoxy) is 3. The third kappa shape index (κ3) is 39.1. The van der Waals surface area contributed by atoms with Gasteiger partial charge in [-0.2, -0.15) is 8.42 Å². The van der Waals surface area contributed by atoms with Crippen molar-refractivity contribution in [2.75, 3.05) is 26.3 Å². The second-order valence-electron chi connectivity index (χ2n) is 17.3. The summed E-state index contributed by atoms with van der Waals surface area (Å²) < 4.78 is 52.0. The fourth-order valence-electron chi connectivity index (χ4n) is 7.63. The van der Waals surface area contributed by atoms with Crippen molar-refractivity contribution >= 4 is 28.4 Å². The first kappa shape index (κ1) is 57.5. The molecule has 1 amide bonds. The number of esters is 2. The van der Waals surface area contributed by atoms with Gasteiger partial charge in [0, 0.05) is 25.4 Å². The van der Waals surface area contributed by atoms with Crippen LogP contribution >= 0.6 is 0 Å². The Labute approximate surface area is 378 Å². The van der Waals surface area contributed by atoms with E-state index < -0.39 is 28.7 Å². The van der Waals surface area contributed by atoms with E-state index >= 15 is 0 Å². The molecule has 0 saturated heterocycles. The van der Waals surface area contributed by atoms with Crippen molar-refractivity contribution in [1.82, 2.24) is 10.6 Å². The Kier molecular flexibility index (Phi) is 38.3. The predicted octanol–water partition coefficient (Wildman–Crippen LogP) is 12.4. The monoisotopic (exact) mass is 899 g/mol. The number of alkyl carbamates (subject to hydrolysis) is 1. The van der Waals surface area contributed by atoms with E-state index in [1.807, 2.05) is 0 Å². The molecule has 0 aromatic heterocycles. The number of amides is 1. The molecule has 0 bridgehead atoms. The van der Waals surface area contributed by atoms with Crippen molar-refractivity contribution in [1.29, 1.82) is 0 Å². The van der Waals surface area contributed by atoms with Crippen LogP contribution in [0, 0.1) is 0 Å². The van der Waals surface area contributed by atoms with Gasteiger partial charge in [-0.15, -0.1) is 0 Å². The zero-order chi connectivity index (χ0) is 45.2. The number of unbranched alkanes of at least 4 members (excludes halogenated alkanes) is 22. The molecule has 1 saturated carbocycles. The summed E-state index contributed by atoms with van der Waals surface area (Å²) in [4.78, 5) is 37.8. The molecule has 1 aliphatic carbocycles. The highest BCUT2D eigenvalue weighted by Gasteiger charge is 2.25. The molecule has 0 radical (unpaired) electrons. The van der Waals surface area contributed by atoms with E-state index in [1.54, 1.807) is 0 Å². The van der Waals surface area contributed by atoms with E-state index in [1.165, 1.54) is 89.9 Å². The fourth-order valence-corrected chi connectivity index (χ4v) is 8.16. The minimum Gasteiger partial charge on any atom is -0.462 e. The third-order valence-electron chi connectivity index (χ3n) is 11.4. The molecule has 1 fully saturated rings. The van der Waals surface area contributed by atoms with Crippen molar-refractivity contribution < 1.29 is 45.7 Å². The average Bonchev–Trinajstić information content (AvgIpc) is 3.24. The Bertz CT molecular complexity index is 1200. The molecule has 0 aliphatic heterocycles. The maximum Gasteiger partial charge on any atom is 0.407 e. The Morgan fingerprint density at radius 3 is 1.39 bits per heavy atom. The molecule has 362 valence electrons. The normalized spacial score (nSPS) is 15.7. The van der Waals surface area contributed by atoms with Gasteiger partial charge in [0.05, 0.1) is 6.10 Å². The van der Waals surface area contributed by atoms with Crippen molar-refractivity contribution in [3.63, 3.8) is 0 Å². The summed E-state index contributed by atoms with van der Waals surface area (Å²) in [5.41, 5.74) is 0. The molecule has 12 nitrogen and oxygen atoms in total. The summed E-state index contributed by atoms with van der Waals surface area (Å²) in [6.07, 6.45) is 41.4. The zero-order valence-electron chi connectivity index (χ0n) is 39.2. The number of carbonyl (C=O) groups is 3. The van der Waals surface area contributed by atoms with E-state index in [0.29, 0.717) is 45.2 Å². The van der Waals surface area contributed by atoms with Crippen LogP contribution in [0.5, 0.6) is 0 Å². The van der Waals surface area contributed by atoms with Crippen LogP contribution in [0.2, 0.25) is 0 Å². The minimum atomic E-state index is -4.45. The van der Waals surface area contributed by atoms with Crippen molar-refractivity contribution in [2.45, 2.75) is 244 Å². The van der Waals surface area contributed by atoms with Gasteiger partial charge in [-0.25, -0.2) is 8.98 Å². The Balaban J connectivity index is 2.33. The molecule has 0 atom stereocenters. The number of allylic oxidation sites excluding steroid dienone is 4. The lowest BCUT2D eigenvalue weighted by Crippen LogP contribution is -2.38. The Hall–Kier alpha value is -2.48. The second-order valence-corrected chi connectivity index (χ2v) is 18.3. The highest BCUT2D eigenvalue weighted by molar-refractivity contribution is 7.80. The molecule has 0 spiro atoms. The van der Waals surface area contributed by atoms with E-state index in [2.05, 4.69) is 53.0 Å². The van der Waals surface area contributed by atoms with E-state index in [9.17, 15) is 22.8 Å². The quantitative estimate of drug-likeness (QED) is 0.0175. The van der Waals surface area contributed by atoms with Gasteiger partial charge in [0.2, 0.25) is 0 Å². The van der Waals surface area contributed by atoms with Crippen LogP contribution in [0.15, 0.2) is 24.3 Å². The molecule has 1 aliphatic rings. The highest BCUT2D eigenvalue weighted by Crippen LogP contribution is 2.22. The van der Waals surface area contributed by atoms with Crippen molar-refractivity contribution in [2.24, 2.45) is 0 Å². The lowest BCUT2D eigenvalue weighted by Gasteiger charge is -2.28. The molecule has 0 heterocycles. The number of carbonyl (C=O) groups excluding carboxylic acids is 3. The zero-order valence-corrected chi connectivity index (χ0v) is 40.1. The fraction of sp³-hybridized carbons (Fsp3) is 0.857. The van der Waals surface area contributed by atoms with Crippen LogP contribution in [0.1, 0.15) is 226 Å².